The fourth-order valence-corrected chi connectivity index (χ4v) is 2.26. The summed E-state index contributed by atoms with van der Waals surface area (Å²) in [5.74, 6) is 0. The van der Waals surface area contributed by atoms with E-state index in [2.05, 4.69) is 4.98 Å². The van der Waals surface area contributed by atoms with Gasteiger partial charge in [0.15, 0.2) is 0 Å². The van der Waals surface area contributed by atoms with Crippen LogP contribution >= 0.6 is 23.2 Å². The van der Waals surface area contributed by atoms with Crippen molar-refractivity contribution in [1.82, 2.24) is 4.98 Å². The molecule has 0 N–H and O–H groups in total. The van der Waals surface area contributed by atoms with E-state index in [1.807, 2.05) is 44.2 Å². The van der Waals surface area contributed by atoms with E-state index in [4.69, 9.17) is 23.2 Å². The highest BCUT2D eigenvalue weighted by Crippen LogP contribution is 2.28. The van der Waals surface area contributed by atoms with Gasteiger partial charge in [0.25, 0.3) is 0 Å². The second-order valence-electron chi connectivity index (χ2n) is 4.00. The van der Waals surface area contributed by atoms with Gasteiger partial charge in [-0.3, -0.25) is 4.98 Å². The summed E-state index contributed by atoms with van der Waals surface area (Å²) in [5, 5.41) is 2.55. The summed E-state index contributed by atoms with van der Waals surface area (Å²) in [5.41, 5.74) is 2.94. The molecule has 0 amide bonds. The summed E-state index contributed by atoms with van der Waals surface area (Å²) in [6, 6.07) is 7.90. The molecule has 0 aliphatic rings. The van der Waals surface area contributed by atoms with Gasteiger partial charge in [-0.25, -0.2) is 0 Å². The van der Waals surface area contributed by atoms with Crippen molar-refractivity contribution in [3.05, 3.63) is 51.7 Å². The molecule has 3 heteroatoms. The zero-order chi connectivity index (χ0) is 12.4. The van der Waals surface area contributed by atoms with E-state index in [1.54, 1.807) is 0 Å². The van der Waals surface area contributed by atoms with Gasteiger partial charge in [-0.2, -0.15) is 0 Å². The highest BCUT2D eigenvalue weighted by atomic mass is 35.5. The van der Waals surface area contributed by atoms with Gasteiger partial charge in [0.2, 0.25) is 0 Å². The molecular weight excluding hydrogens is 253 g/mol. The summed E-state index contributed by atoms with van der Waals surface area (Å²) in [7, 11) is 0. The van der Waals surface area contributed by atoms with Crippen LogP contribution in [0.25, 0.3) is 10.9 Å². The molecule has 0 fully saturated rings. The lowest BCUT2D eigenvalue weighted by atomic mass is 10.1. The minimum absolute atomic E-state index is 0.720. The first kappa shape index (κ1) is 12.4. The van der Waals surface area contributed by atoms with E-state index in [9.17, 15) is 0 Å². The van der Waals surface area contributed by atoms with Gasteiger partial charge in [0.1, 0.15) is 0 Å². The minimum Gasteiger partial charge on any atom is -0.253 e. The Hall–Kier alpha value is -1.05. The Morgan fingerprint density at radius 3 is 2.76 bits per heavy atom. The van der Waals surface area contributed by atoms with Gasteiger partial charge >= 0.3 is 0 Å². The minimum atomic E-state index is 0.720. The molecule has 88 valence electrons. The molecule has 0 radical (unpaired) electrons. The Labute approximate surface area is 111 Å². The molecule has 1 aromatic carbocycles. The van der Waals surface area contributed by atoms with Gasteiger partial charge in [-0.15, -0.1) is 0 Å². The van der Waals surface area contributed by atoms with Crippen LogP contribution in [0.3, 0.4) is 0 Å². The second kappa shape index (κ2) is 5.07. The maximum atomic E-state index is 6.42. The number of allylic oxidation sites excluding steroid dienone is 2. The average Bonchev–Trinajstić information content (AvgIpc) is 2.28. The third-order valence-corrected chi connectivity index (χ3v) is 3.30. The van der Waals surface area contributed by atoms with Crippen molar-refractivity contribution < 1.29 is 0 Å². The third kappa shape index (κ3) is 2.62. The number of benzene rings is 1. The third-order valence-electron chi connectivity index (χ3n) is 2.72. The Kier molecular flexibility index (Phi) is 3.70. The van der Waals surface area contributed by atoms with Crippen LogP contribution in [-0.2, 0) is 6.42 Å². The molecule has 2 rings (SSSR count). The van der Waals surface area contributed by atoms with Gasteiger partial charge < -0.3 is 0 Å². The highest BCUT2D eigenvalue weighted by molar-refractivity contribution is 6.36. The highest BCUT2D eigenvalue weighted by Gasteiger charge is 2.09. The maximum absolute atomic E-state index is 6.42. The molecule has 0 atom stereocenters. The molecule has 1 heterocycles. The molecule has 0 bridgehead atoms. The molecular formula is C14H13Cl2N. The fraction of sp³-hybridized carbons (Fsp3) is 0.214. The first-order valence-electron chi connectivity index (χ1n) is 5.45. The number of pyridine rings is 1. The molecule has 17 heavy (non-hydrogen) atoms. The van der Waals surface area contributed by atoms with Crippen molar-refractivity contribution in [3.8, 4) is 0 Å². The molecule has 0 aliphatic heterocycles. The van der Waals surface area contributed by atoms with Crippen molar-refractivity contribution >= 4 is 34.1 Å². The number of nitrogens with zero attached hydrogens (tertiary/aromatic N) is 1. The number of halogens is 2. The summed E-state index contributed by atoms with van der Waals surface area (Å²) in [6.07, 6.45) is 2.67. The number of aromatic nitrogens is 1. The van der Waals surface area contributed by atoms with Crippen molar-refractivity contribution in [1.29, 1.82) is 0 Å². The lowest BCUT2D eigenvalue weighted by Crippen LogP contribution is -1.95. The van der Waals surface area contributed by atoms with Crippen molar-refractivity contribution in [2.45, 2.75) is 20.3 Å². The van der Waals surface area contributed by atoms with Crippen LogP contribution in [0, 0.1) is 6.92 Å². The first-order chi connectivity index (χ1) is 8.09. The molecule has 0 unspecified atom stereocenters. The van der Waals surface area contributed by atoms with Gasteiger partial charge in [0.05, 0.1) is 10.5 Å². The molecule has 1 aromatic heterocycles. The summed E-state index contributed by atoms with van der Waals surface area (Å²) in [4.78, 5) is 4.56. The molecule has 0 aliphatic carbocycles. The van der Waals surface area contributed by atoms with Crippen LogP contribution < -0.4 is 0 Å². The molecule has 2 aromatic rings. The average molecular weight is 266 g/mol. The lowest BCUT2D eigenvalue weighted by Gasteiger charge is -2.09. The standard InChI is InChI=1S/C14H13Cl2N/c1-9(15)7-8-11-10(2)17-13-6-4-3-5-12(13)14(11)16/h3-7H,8H2,1-2H3. The lowest BCUT2D eigenvalue weighted by molar-refractivity contribution is 1.13. The zero-order valence-electron chi connectivity index (χ0n) is 9.80. The van der Waals surface area contributed by atoms with Gasteiger partial charge in [0, 0.05) is 16.1 Å². The van der Waals surface area contributed by atoms with Crippen LogP contribution in [0.15, 0.2) is 35.4 Å². The largest absolute Gasteiger partial charge is 0.253 e. The first-order valence-corrected chi connectivity index (χ1v) is 6.21. The fourth-order valence-electron chi connectivity index (χ4n) is 1.81. The summed E-state index contributed by atoms with van der Waals surface area (Å²) < 4.78 is 0. The summed E-state index contributed by atoms with van der Waals surface area (Å²) in [6.45, 7) is 3.84. The zero-order valence-corrected chi connectivity index (χ0v) is 11.3. The molecule has 0 saturated carbocycles. The van der Waals surface area contributed by atoms with Gasteiger partial charge in [-0.1, -0.05) is 47.5 Å². The van der Waals surface area contributed by atoms with Crippen LogP contribution in [0.5, 0.6) is 0 Å². The molecule has 1 nitrogen and oxygen atoms in total. The smallest absolute Gasteiger partial charge is 0.0720 e. The van der Waals surface area contributed by atoms with Crippen LogP contribution in [0.2, 0.25) is 5.02 Å². The predicted octanol–water partition coefficient (Wildman–Crippen LogP) is 4.88. The monoisotopic (exact) mass is 265 g/mol. The van der Waals surface area contributed by atoms with Crippen molar-refractivity contribution in [2.75, 3.05) is 0 Å². The number of para-hydroxylation sites is 1. The number of aryl methyl sites for hydroxylation is 1. The number of hydrogen-bond donors (Lipinski definition) is 0. The molecule has 0 saturated heterocycles. The topological polar surface area (TPSA) is 12.9 Å². The van der Waals surface area contributed by atoms with Crippen LogP contribution in [0.1, 0.15) is 18.2 Å². The summed E-state index contributed by atoms with van der Waals surface area (Å²) >= 11 is 12.3. The Morgan fingerprint density at radius 1 is 1.35 bits per heavy atom. The van der Waals surface area contributed by atoms with Gasteiger partial charge in [-0.05, 0) is 31.9 Å². The molecule has 0 spiro atoms. The number of rotatable bonds is 2. The van der Waals surface area contributed by atoms with E-state index < -0.39 is 0 Å². The number of hydrogen-bond acceptors (Lipinski definition) is 1. The number of fused-ring (bicyclic) bond motifs is 1. The Balaban J connectivity index is 2.59. The van der Waals surface area contributed by atoms with E-state index in [0.717, 1.165) is 38.6 Å². The maximum Gasteiger partial charge on any atom is 0.0720 e. The quantitative estimate of drug-likeness (QED) is 0.754. The van der Waals surface area contributed by atoms with E-state index in [0.29, 0.717) is 0 Å². The van der Waals surface area contributed by atoms with Crippen molar-refractivity contribution in [3.63, 3.8) is 0 Å². The Morgan fingerprint density at radius 2 is 2.06 bits per heavy atom. The van der Waals surface area contributed by atoms with Crippen molar-refractivity contribution in [2.24, 2.45) is 0 Å². The Bertz CT molecular complexity index is 584. The predicted molar refractivity (Wildman–Crippen MR) is 74.8 cm³/mol. The van der Waals surface area contributed by atoms with Crippen LogP contribution in [-0.4, -0.2) is 4.98 Å². The van der Waals surface area contributed by atoms with Crippen LogP contribution in [0.4, 0.5) is 0 Å². The van der Waals surface area contributed by atoms with E-state index in [1.165, 1.54) is 0 Å². The second-order valence-corrected chi connectivity index (χ2v) is 4.98. The van der Waals surface area contributed by atoms with E-state index >= 15 is 0 Å². The normalized spacial score (nSPS) is 12.1. The van der Waals surface area contributed by atoms with E-state index in [-0.39, 0.29) is 0 Å². The SMILES string of the molecule is CC(Cl)=CCc1c(C)nc2ccccc2c1Cl.